The zero-order chi connectivity index (χ0) is 14.4. The van der Waals surface area contributed by atoms with Crippen LogP contribution in [0.15, 0.2) is 18.2 Å². The van der Waals surface area contributed by atoms with Gasteiger partial charge in [0.05, 0.1) is 18.2 Å². The molecule has 0 unspecified atom stereocenters. The summed E-state index contributed by atoms with van der Waals surface area (Å²) in [4.78, 5) is 11.6. The van der Waals surface area contributed by atoms with Gasteiger partial charge in [-0.15, -0.1) is 0 Å². The van der Waals surface area contributed by atoms with Gasteiger partial charge >= 0.3 is 0 Å². The Balaban J connectivity index is 1.66. The van der Waals surface area contributed by atoms with Crippen LogP contribution in [0.2, 0.25) is 10.0 Å². The van der Waals surface area contributed by atoms with E-state index in [0.717, 1.165) is 0 Å². The van der Waals surface area contributed by atoms with E-state index in [1.165, 1.54) is 0 Å². The Morgan fingerprint density at radius 1 is 1.35 bits per heavy atom. The van der Waals surface area contributed by atoms with E-state index in [4.69, 9.17) is 37.4 Å². The van der Waals surface area contributed by atoms with Gasteiger partial charge in [0.1, 0.15) is 5.75 Å². The number of hydrogen-bond donors (Lipinski definition) is 1. The van der Waals surface area contributed by atoms with Crippen LogP contribution in [-0.4, -0.2) is 38.6 Å². The third kappa shape index (κ3) is 4.83. The molecular weight excluding hydrogens is 305 g/mol. The van der Waals surface area contributed by atoms with E-state index in [9.17, 15) is 4.79 Å². The fourth-order valence-electron chi connectivity index (χ4n) is 1.69. The van der Waals surface area contributed by atoms with Gasteiger partial charge < -0.3 is 19.5 Å². The summed E-state index contributed by atoms with van der Waals surface area (Å²) in [6.45, 7) is 1.59. The highest BCUT2D eigenvalue weighted by Gasteiger charge is 2.15. The highest BCUT2D eigenvalue weighted by molar-refractivity contribution is 6.35. The molecule has 1 aliphatic heterocycles. The van der Waals surface area contributed by atoms with E-state index in [-0.39, 0.29) is 18.8 Å². The number of ether oxygens (including phenoxy) is 3. The molecule has 1 aromatic rings. The topological polar surface area (TPSA) is 56.8 Å². The van der Waals surface area contributed by atoms with Gasteiger partial charge in [-0.25, -0.2) is 0 Å². The molecule has 0 aliphatic carbocycles. The molecule has 20 heavy (non-hydrogen) atoms. The molecule has 7 heteroatoms. The highest BCUT2D eigenvalue weighted by Crippen LogP contribution is 2.27. The smallest absolute Gasteiger partial charge is 0.257 e. The molecule has 1 N–H and O–H groups in total. The van der Waals surface area contributed by atoms with Crippen molar-refractivity contribution in [2.45, 2.75) is 12.7 Å². The zero-order valence-electron chi connectivity index (χ0n) is 10.7. The van der Waals surface area contributed by atoms with Gasteiger partial charge in [0, 0.05) is 18.0 Å². The van der Waals surface area contributed by atoms with E-state index in [2.05, 4.69) is 5.32 Å². The van der Waals surface area contributed by atoms with Crippen LogP contribution in [0.3, 0.4) is 0 Å². The number of amides is 1. The molecule has 1 aliphatic rings. The van der Waals surface area contributed by atoms with Gasteiger partial charge in [-0.1, -0.05) is 23.2 Å². The third-order valence-corrected chi connectivity index (χ3v) is 3.18. The maximum Gasteiger partial charge on any atom is 0.257 e. The van der Waals surface area contributed by atoms with Crippen molar-refractivity contribution in [3.63, 3.8) is 0 Å². The van der Waals surface area contributed by atoms with Gasteiger partial charge in [0.25, 0.3) is 5.91 Å². The normalized spacial score (nSPS) is 15.3. The Morgan fingerprint density at radius 2 is 2.10 bits per heavy atom. The average Bonchev–Trinajstić information content (AvgIpc) is 2.91. The minimum Gasteiger partial charge on any atom is -0.482 e. The fourth-order valence-corrected chi connectivity index (χ4v) is 2.15. The number of hydrogen-bond acceptors (Lipinski definition) is 4. The average molecular weight is 320 g/mol. The Kier molecular flexibility index (Phi) is 5.91. The van der Waals surface area contributed by atoms with Crippen molar-refractivity contribution in [1.29, 1.82) is 0 Å². The monoisotopic (exact) mass is 319 g/mol. The molecule has 1 heterocycles. The van der Waals surface area contributed by atoms with Crippen LogP contribution in [0.25, 0.3) is 0 Å². The number of carbonyl (C=O) groups excluding carboxylic acids is 1. The number of rotatable bonds is 6. The lowest BCUT2D eigenvalue weighted by Crippen LogP contribution is -2.31. The molecule has 5 nitrogen and oxygen atoms in total. The molecule has 0 radical (unpaired) electrons. The van der Waals surface area contributed by atoms with Crippen LogP contribution in [0.1, 0.15) is 6.42 Å². The molecule has 1 aromatic carbocycles. The number of halogens is 2. The summed E-state index contributed by atoms with van der Waals surface area (Å²) in [5, 5.41) is 3.61. The Hall–Kier alpha value is -1.01. The lowest BCUT2D eigenvalue weighted by Gasteiger charge is -2.11. The lowest BCUT2D eigenvalue weighted by molar-refractivity contribution is -0.123. The zero-order valence-corrected chi connectivity index (χ0v) is 12.2. The SMILES string of the molecule is O=C(COc1ccc(Cl)cc1Cl)NCCC1OCCO1. The number of benzene rings is 1. The number of nitrogens with one attached hydrogen (secondary N) is 1. The Bertz CT molecular complexity index is 464. The molecule has 0 spiro atoms. The van der Waals surface area contributed by atoms with Crippen LogP contribution in [0.4, 0.5) is 0 Å². The first-order valence-corrected chi connectivity index (χ1v) is 6.98. The van der Waals surface area contributed by atoms with E-state index in [0.29, 0.717) is 42.0 Å². The highest BCUT2D eigenvalue weighted by atomic mass is 35.5. The largest absolute Gasteiger partial charge is 0.482 e. The standard InChI is InChI=1S/C13H15Cl2NO4/c14-9-1-2-11(10(15)7-9)20-8-12(17)16-4-3-13-18-5-6-19-13/h1-2,7,13H,3-6,8H2,(H,16,17). The van der Waals surface area contributed by atoms with Crippen molar-refractivity contribution in [2.75, 3.05) is 26.4 Å². The van der Waals surface area contributed by atoms with Gasteiger partial charge in [-0.05, 0) is 18.2 Å². The minimum atomic E-state index is -0.228. The summed E-state index contributed by atoms with van der Waals surface area (Å²) in [6, 6.07) is 4.83. The maximum atomic E-state index is 11.6. The van der Waals surface area contributed by atoms with Crippen LogP contribution in [0.5, 0.6) is 5.75 Å². The van der Waals surface area contributed by atoms with Crippen LogP contribution >= 0.6 is 23.2 Å². The van der Waals surface area contributed by atoms with Gasteiger partial charge in [0.2, 0.25) is 0 Å². The molecule has 1 saturated heterocycles. The van der Waals surface area contributed by atoms with E-state index < -0.39 is 0 Å². The van der Waals surface area contributed by atoms with Crippen molar-refractivity contribution in [3.05, 3.63) is 28.2 Å². The summed E-state index contributed by atoms with van der Waals surface area (Å²) in [6.07, 6.45) is 0.398. The summed E-state index contributed by atoms with van der Waals surface area (Å²) < 4.78 is 15.8. The molecule has 1 fully saturated rings. The van der Waals surface area contributed by atoms with Gasteiger partial charge in [-0.2, -0.15) is 0 Å². The first-order valence-electron chi connectivity index (χ1n) is 6.23. The second kappa shape index (κ2) is 7.69. The Morgan fingerprint density at radius 3 is 2.80 bits per heavy atom. The van der Waals surface area contributed by atoms with E-state index >= 15 is 0 Å². The van der Waals surface area contributed by atoms with E-state index in [1.807, 2.05) is 0 Å². The maximum absolute atomic E-state index is 11.6. The first kappa shape index (κ1) is 15.4. The summed E-state index contributed by atoms with van der Waals surface area (Å²) in [5.74, 6) is 0.197. The molecule has 110 valence electrons. The van der Waals surface area contributed by atoms with Gasteiger partial charge in [0.15, 0.2) is 12.9 Å². The predicted molar refractivity (Wildman–Crippen MR) is 75.3 cm³/mol. The molecule has 0 saturated carbocycles. The fraction of sp³-hybridized carbons (Fsp3) is 0.462. The Labute approximate surface area is 127 Å². The van der Waals surface area contributed by atoms with Crippen molar-refractivity contribution >= 4 is 29.1 Å². The van der Waals surface area contributed by atoms with Crippen LogP contribution in [-0.2, 0) is 14.3 Å². The molecule has 1 amide bonds. The van der Waals surface area contributed by atoms with Crippen molar-refractivity contribution < 1.29 is 19.0 Å². The molecule has 2 rings (SSSR count). The van der Waals surface area contributed by atoms with Crippen molar-refractivity contribution in [3.8, 4) is 5.75 Å². The molecule has 0 bridgehead atoms. The first-order chi connectivity index (χ1) is 9.65. The second-order valence-electron chi connectivity index (χ2n) is 4.17. The third-order valence-electron chi connectivity index (χ3n) is 2.65. The molecule has 0 aromatic heterocycles. The molecular formula is C13H15Cl2NO4. The van der Waals surface area contributed by atoms with Crippen LogP contribution in [0, 0.1) is 0 Å². The number of carbonyl (C=O) groups is 1. The summed E-state index contributed by atoms with van der Waals surface area (Å²) in [5.41, 5.74) is 0. The summed E-state index contributed by atoms with van der Waals surface area (Å²) >= 11 is 11.7. The van der Waals surface area contributed by atoms with Gasteiger partial charge in [-0.3, -0.25) is 4.79 Å². The van der Waals surface area contributed by atoms with Crippen molar-refractivity contribution in [1.82, 2.24) is 5.32 Å². The molecule has 0 atom stereocenters. The van der Waals surface area contributed by atoms with E-state index in [1.54, 1.807) is 18.2 Å². The van der Waals surface area contributed by atoms with Crippen molar-refractivity contribution in [2.24, 2.45) is 0 Å². The second-order valence-corrected chi connectivity index (χ2v) is 5.02. The summed E-state index contributed by atoms with van der Waals surface area (Å²) in [7, 11) is 0. The van der Waals surface area contributed by atoms with Crippen LogP contribution < -0.4 is 10.1 Å². The predicted octanol–water partition coefficient (Wildman–Crippen LogP) is 2.25. The lowest BCUT2D eigenvalue weighted by atomic mass is 10.3. The quantitative estimate of drug-likeness (QED) is 0.873. The minimum absolute atomic E-state index is 0.103.